The standard InChI is InChI=1S/C17H25ClN4O2/c1-20(2)13-6-5-9-22(11-13)17(24)19-12-7-8-15(18)14(10-12)16(23)21(3)4/h7-8,10,13H,5-6,9,11H2,1-4H3,(H,19,24)/t13-/m1/s1. The van der Waals surface area contributed by atoms with Gasteiger partial charge in [-0.15, -0.1) is 0 Å². The van der Waals surface area contributed by atoms with Gasteiger partial charge in [0.05, 0.1) is 10.6 Å². The zero-order chi connectivity index (χ0) is 17.9. The summed E-state index contributed by atoms with van der Waals surface area (Å²) < 4.78 is 0. The Labute approximate surface area is 148 Å². The van der Waals surface area contributed by atoms with Gasteiger partial charge in [0.2, 0.25) is 0 Å². The van der Waals surface area contributed by atoms with Crippen LogP contribution in [0.3, 0.4) is 0 Å². The summed E-state index contributed by atoms with van der Waals surface area (Å²) in [6, 6.07) is 5.19. The lowest BCUT2D eigenvalue weighted by Gasteiger charge is -2.36. The van der Waals surface area contributed by atoms with E-state index in [1.807, 2.05) is 19.0 Å². The molecule has 1 atom stereocenters. The SMILES string of the molecule is CN(C)C(=O)c1cc(NC(=O)N2CCC[C@@H](N(C)C)C2)ccc1Cl. The number of carbonyl (C=O) groups excluding carboxylic acids is 2. The van der Waals surface area contributed by atoms with Crippen molar-refractivity contribution in [2.24, 2.45) is 0 Å². The maximum atomic E-state index is 12.5. The molecule has 0 bridgehead atoms. The van der Waals surface area contributed by atoms with Crippen LogP contribution in [0.15, 0.2) is 18.2 Å². The molecule has 1 saturated heterocycles. The highest BCUT2D eigenvalue weighted by Gasteiger charge is 2.25. The summed E-state index contributed by atoms with van der Waals surface area (Å²) in [5.74, 6) is -0.193. The molecule has 6 nitrogen and oxygen atoms in total. The summed E-state index contributed by atoms with van der Waals surface area (Å²) in [7, 11) is 7.40. The van der Waals surface area contributed by atoms with Gasteiger partial charge in [-0.25, -0.2) is 4.79 Å². The van der Waals surface area contributed by atoms with E-state index < -0.39 is 0 Å². The Kier molecular flexibility index (Phi) is 6.07. The average molecular weight is 353 g/mol. The molecule has 1 aromatic rings. The van der Waals surface area contributed by atoms with E-state index in [2.05, 4.69) is 10.2 Å². The van der Waals surface area contributed by atoms with Gasteiger partial charge in [-0.2, -0.15) is 0 Å². The fraction of sp³-hybridized carbons (Fsp3) is 0.529. The van der Waals surface area contributed by atoms with E-state index in [9.17, 15) is 9.59 Å². The van der Waals surface area contributed by atoms with Crippen LogP contribution in [0, 0.1) is 0 Å². The molecule has 0 saturated carbocycles. The van der Waals surface area contributed by atoms with Crippen molar-refractivity contribution in [2.75, 3.05) is 46.6 Å². The number of likely N-dealkylation sites (tertiary alicyclic amines) is 1. The van der Waals surface area contributed by atoms with Crippen molar-refractivity contribution in [3.8, 4) is 0 Å². The van der Waals surface area contributed by atoms with Crippen LogP contribution in [0.2, 0.25) is 5.02 Å². The van der Waals surface area contributed by atoms with Crippen molar-refractivity contribution in [1.29, 1.82) is 0 Å². The third-order valence-corrected chi connectivity index (χ3v) is 4.60. The van der Waals surface area contributed by atoms with Crippen molar-refractivity contribution in [3.05, 3.63) is 28.8 Å². The number of rotatable bonds is 3. The fourth-order valence-corrected chi connectivity index (χ4v) is 2.97. The summed E-state index contributed by atoms with van der Waals surface area (Å²) in [6.07, 6.45) is 2.08. The molecule has 0 unspecified atom stereocenters. The second-order valence-corrected chi connectivity index (χ2v) is 6.94. The highest BCUT2D eigenvalue weighted by atomic mass is 35.5. The van der Waals surface area contributed by atoms with Gasteiger partial charge in [0.1, 0.15) is 0 Å². The maximum Gasteiger partial charge on any atom is 0.321 e. The number of likely N-dealkylation sites (N-methyl/N-ethyl adjacent to an activating group) is 1. The molecule has 1 aliphatic heterocycles. The Morgan fingerprint density at radius 1 is 1.25 bits per heavy atom. The molecule has 132 valence electrons. The summed E-state index contributed by atoms with van der Waals surface area (Å²) in [5, 5.41) is 3.24. The van der Waals surface area contributed by atoms with E-state index in [-0.39, 0.29) is 11.9 Å². The van der Waals surface area contributed by atoms with Crippen LogP contribution < -0.4 is 5.32 Å². The van der Waals surface area contributed by atoms with Gasteiger partial charge in [-0.05, 0) is 45.1 Å². The van der Waals surface area contributed by atoms with Crippen LogP contribution in [0.1, 0.15) is 23.2 Å². The number of hydrogen-bond acceptors (Lipinski definition) is 3. The van der Waals surface area contributed by atoms with E-state index in [1.54, 1.807) is 32.3 Å². The lowest BCUT2D eigenvalue weighted by atomic mass is 10.1. The smallest absolute Gasteiger partial charge is 0.321 e. The second-order valence-electron chi connectivity index (χ2n) is 6.53. The minimum absolute atomic E-state index is 0.146. The number of amides is 3. The molecule has 2 rings (SSSR count). The molecule has 0 spiro atoms. The lowest BCUT2D eigenvalue weighted by molar-refractivity contribution is 0.0827. The first-order valence-corrected chi connectivity index (χ1v) is 8.41. The highest BCUT2D eigenvalue weighted by Crippen LogP contribution is 2.22. The maximum absolute atomic E-state index is 12.5. The second kappa shape index (κ2) is 7.85. The first kappa shape index (κ1) is 18.5. The third-order valence-electron chi connectivity index (χ3n) is 4.27. The molecule has 7 heteroatoms. The van der Waals surface area contributed by atoms with Gasteiger partial charge in [0.25, 0.3) is 5.91 Å². The fourth-order valence-electron chi connectivity index (χ4n) is 2.77. The predicted molar refractivity (Wildman–Crippen MR) is 96.8 cm³/mol. The van der Waals surface area contributed by atoms with Crippen molar-refractivity contribution in [1.82, 2.24) is 14.7 Å². The molecule has 0 radical (unpaired) electrons. The van der Waals surface area contributed by atoms with Gasteiger partial charge in [-0.1, -0.05) is 11.6 Å². The van der Waals surface area contributed by atoms with Gasteiger partial charge in [0.15, 0.2) is 0 Å². The molecule has 1 fully saturated rings. The molecule has 24 heavy (non-hydrogen) atoms. The normalized spacial score (nSPS) is 17.8. The number of urea groups is 1. The molecule has 1 aliphatic rings. The molecular weight excluding hydrogens is 328 g/mol. The van der Waals surface area contributed by atoms with Crippen LogP contribution >= 0.6 is 11.6 Å². The first-order chi connectivity index (χ1) is 11.3. The molecule has 1 N–H and O–H groups in total. The van der Waals surface area contributed by atoms with Crippen molar-refractivity contribution in [3.63, 3.8) is 0 Å². The molecule has 3 amide bonds. The number of hydrogen-bond donors (Lipinski definition) is 1. The van der Waals surface area contributed by atoms with E-state index in [4.69, 9.17) is 11.6 Å². The Bertz CT molecular complexity index is 619. The summed E-state index contributed by atoms with van der Waals surface area (Å²) in [4.78, 5) is 30.1. The zero-order valence-corrected chi connectivity index (χ0v) is 15.4. The van der Waals surface area contributed by atoms with Crippen LogP contribution in [-0.4, -0.2) is 74.0 Å². The quantitative estimate of drug-likeness (QED) is 0.909. The number of benzene rings is 1. The summed E-state index contributed by atoms with van der Waals surface area (Å²) in [5.41, 5.74) is 0.950. The highest BCUT2D eigenvalue weighted by molar-refractivity contribution is 6.34. The monoisotopic (exact) mass is 352 g/mol. The van der Waals surface area contributed by atoms with E-state index in [1.165, 1.54) is 4.90 Å². The van der Waals surface area contributed by atoms with Gasteiger partial charge in [0, 0.05) is 38.9 Å². The van der Waals surface area contributed by atoms with Gasteiger partial charge < -0.3 is 20.0 Å². The van der Waals surface area contributed by atoms with Crippen molar-refractivity contribution in [2.45, 2.75) is 18.9 Å². The molecule has 0 aliphatic carbocycles. The van der Waals surface area contributed by atoms with E-state index in [0.29, 0.717) is 28.9 Å². The zero-order valence-electron chi connectivity index (χ0n) is 14.7. The van der Waals surface area contributed by atoms with Crippen molar-refractivity contribution >= 4 is 29.2 Å². The van der Waals surface area contributed by atoms with E-state index in [0.717, 1.165) is 19.4 Å². The molecule has 1 heterocycles. The Hall–Kier alpha value is -1.79. The number of piperidine rings is 1. The number of carbonyl (C=O) groups is 2. The number of nitrogens with one attached hydrogen (secondary N) is 1. The summed E-state index contributed by atoms with van der Waals surface area (Å²) in [6.45, 7) is 1.45. The molecule has 0 aromatic heterocycles. The van der Waals surface area contributed by atoms with Crippen LogP contribution in [0.4, 0.5) is 10.5 Å². The Morgan fingerprint density at radius 2 is 1.96 bits per heavy atom. The van der Waals surface area contributed by atoms with Crippen LogP contribution in [0.25, 0.3) is 0 Å². The first-order valence-electron chi connectivity index (χ1n) is 8.03. The third kappa shape index (κ3) is 4.39. The van der Waals surface area contributed by atoms with Crippen molar-refractivity contribution < 1.29 is 9.59 Å². The van der Waals surface area contributed by atoms with E-state index >= 15 is 0 Å². The Balaban J connectivity index is 2.09. The minimum atomic E-state index is -0.193. The summed E-state index contributed by atoms with van der Waals surface area (Å²) >= 11 is 6.10. The predicted octanol–water partition coefficient (Wildman–Crippen LogP) is 2.60. The molecule has 1 aromatic carbocycles. The number of halogens is 1. The molecular formula is C17H25ClN4O2. The van der Waals surface area contributed by atoms with Gasteiger partial charge >= 0.3 is 6.03 Å². The largest absolute Gasteiger partial charge is 0.345 e. The number of nitrogens with zero attached hydrogens (tertiary/aromatic N) is 3. The topological polar surface area (TPSA) is 55.9 Å². The van der Waals surface area contributed by atoms with Gasteiger partial charge in [-0.3, -0.25) is 4.79 Å². The van der Waals surface area contributed by atoms with Crippen LogP contribution in [0.5, 0.6) is 0 Å². The number of anilines is 1. The Morgan fingerprint density at radius 3 is 2.58 bits per heavy atom. The average Bonchev–Trinajstić information content (AvgIpc) is 2.55. The minimum Gasteiger partial charge on any atom is -0.345 e. The van der Waals surface area contributed by atoms with Crippen LogP contribution in [-0.2, 0) is 0 Å². The lowest BCUT2D eigenvalue weighted by Crippen LogP contribution is -2.48.